The maximum atomic E-state index is 12.9. The molecule has 140 valence electrons. The van der Waals surface area contributed by atoms with Crippen LogP contribution >= 0.6 is 15.9 Å². The average Bonchev–Trinajstić information content (AvgIpc) is 2.89. The predicted octanol–water partition coefficient (Wildman–Crippen LogP) is 5.28. The number of rotatable bonds is 3. The first-order valence-electron chi connectivity index (χ1n) is 7.83. The van der Waals surface area contributed by atoms with E-state index < -0.39 is 17.6 Å². The van der Waals surface area contributed by atoms with Crippen molar-refractivity contribution in [3.8, 4) is 5.75 Å². The number of anilines is 1. The second-order valence-electron chi connectivity index (χ2n) is 5.79. The molecule has 0 saturated carbocycles. The summed E-state index contributed by atoms with van der Waals surface area (Å²) in [4.78, 5) is 12.8. The van der Waals surface area contributed by atoms with Gasteiger partial charge in [0, 0.05) is 10.0 Å². The summed E-state index contributed by atoms with van der Waals surface area (Å²) in [5, 5.41) is 5.10. The van der Waals surface area contributed by atoms with Crippen molar-refractivity contribution in [3.63, 3.8) is 0 Å². The molecule has 1 heterocycles. The summed E-state index contributed by atoms with van der Waals surface area (Å²) in [5.41, 5.74) is 0.546. The van der Waals surface area contributed by atoms with E-state index in [2.05, 4.69) is 21.0 Å². The van der Waals surface area contributed by atoms with Crippen LogP contribution in [0.3, 0.4) is 0 Å². The van der Waals surface area contributed by atoms with Crippen LogP contribution in [0.25, 0.3) is 6.08 Å². The number of carbonyl (C=O) groups excluding carboxylic acids is 1. The van der Waals surface area contributed by atoms with Crippen molar-refractivity contribution >= 4 is 39.3 Å². The molecule has 0 saturated heterocycles. The maximum Gasteiger partial charge on any atom is 0.416 e. The van der Waals surface area contributed by atoms with Gasteiger partial charge in [0.2, 0.25) is 0 Å². The van der Waals surface area contributed by atoms with Crippen LogP contribution in [-0.4, -0.2) is 18.7 Å². The Morgan fingerprint density at radius 1 is 1.19 bits per heavy atom. The molecule has 1 amide bonds. The fourth-order valence-corrected chi connectivity index (χ4v) is 3.03. The first-order valence-corrected chi connectivity index (χ1v) is 8.62. The molecule has 2 aromatic rings. The SMILES string of the molecule is COc1ccc(Br)cc1C=C1C(=O)N(c2cccc(C(F)(F)F)c2)N=C1C. The molecule has 0 aliphatic carbocycles. The van der Waals surface area contributed by atoms with E-state index in [1.165, 1.54) is 19.2 Å². The van der Waals surface area contributed by atoms with E-state index in [1.807, 2.05) is 0 Å². The minimum atomic E-state index is -4.50. The monoisotopic (exact) mass is 438 g/mol. The van der Waals surface area contributed by atoms with Crippen LogP contribution in [0, 0.1) is 0 Å². The minimum Gasteiger partial charge on any atom is -0.496 e. The van der Waals surface area contributed by atoms with E-state index in [0.29, 0.717) is 17.0 Å². The molecule has 0 N–H and O–H groups in total. The number of carbonyl (C=O) groups is 1. The number of methoxy groups -OCH3 is 1. The Morgan fingerprint density at radius 3 is 2.59 bits per heavy atom. The van der Waals surface area contributed by atoms with Gasteiger partial charge in [0.25, 0.3) is 5.91 Å². The standard InChI is InChI=1S/C19H14BrF3N2O2/c1-11-16(9-12-8-14(20)6-7-17(12)27-2)18(26)25(24-11)15-5-3-4-13(10-15)19(21,22)23/h3-10H,1-2H3. The molecule has 0 spiro atoms. The van der Waals surface area contributed by atoms with Gasteiger partial charge in [0.15, 0.2) is 0 Å². The second-order valence-corrected chi connectivity index (χ2v) is 6.71. The van der Waals surface area contributed by atoms with Crippen molar-refractivity contribution in [3.05, 3.63) is 63.6 Å². The van der Waals surface area contributed by atoms with Crippen LogP contribution in [0.5, 0.6) is 5.75 Å². The van der Waals surface area contributed by atoms with Gasteiger partial charge in [-0.1, -0.05) is 22.0 Å². The highest BCUT2D eigenvalue weighted by Crippen LogP contribution is 2.34. The molecule has 0 radical (unpaired) electrons. The van der Waals surface area contributed by atoms with Crippen LogP contribution in [0.4, 0.5) is 18.9 Å². The number of amides is 1. The molecular weight excluding hydrogens is 425 g/mol. The summed E-state index contributed by atoms with van der Waals surface area (Å²) in [6.07, 6.45) is -2.89. The Kier molecular flexibility index (Phi) is 5.10. The van der Waals surface area contributed by atoms with Gasteiger partial charge in [-0.15, -0.1) is 0 Å². The van der Waals surface area contributed by atoms with Gasteiger partial charge in [-0.2, -0.15) is 23.3 Å². The molecule has 1 aliphatic heterocycles. The third-order valence-corrected chi connectivity index (χ3v) is 4.47. The molecule has 4 nitrogen and oxygen atoms in total. The Balaban J connectivity index is 1.99. The number of halogens is 4. The zero-order valence-electron chi connectivity index (χ0n) is 14.3. The fourth-order valence-electron chi connectivity index (χ4n) is 2.65. The van der Waals surface area contributed by atoms with Crippen LogP contribution in [0.15, 0.2) is 57.6 Å². The first-order chi connectivity index (χ1) is 12.7. The minimum absolute atomic E-state index is 0.0544. The number of hydrazone groups is 1. The lowest BCUT2D eigenvalue weighted by Gasteiger charge is -2.14. The van der Waals surface area contributed by atoms with Crippen LogP contribution in [0.1, 0.15) is 18.1 Å². The molecule has 3 rings (SSSR count). The zero-order valence-corrected chi connectivity index (χ0v) is 15.9. The highest BCUT2D eigenvalue weighted by molar-refractivity contribution is 9.10. The summed E-state index contributed by atoms with van der Waals surface area (Å²) >= 11 is 3.36. The van der Waals surface area contributed by atoms with Gasteiger partial charge in [0.1, 0.15) is 5.75 Å². The molecule has 0 atom stereocenters. The fraction of sp³-hybridized carbons (Fsp3) is 0.158. The van der Waals surface area contributed by atoms with Crippen molar-refractivity contribution in [2.24, 2.45) is 5.10 Å². The molecule has 2 aromatic carbocycles. The quantitative estimate of drug-likeness (QED) is 0.611. The van der Waals surface area contributed by atoms with Crippen LogP contribution in [-0.2, 0) is 11.0 Å². The van der Waals surface area contributed by atoms with E-state index in [0.717, 1.165) is 21.6 Å². The largest absolute Gasteiger partial charge is 0.496 e. The van der Waals surface area contributed by atoms with Crippen LogP contribution in [0.2, 0.25) is 0 Å². The highest BCUT2D eigenvalue weighted by atomic mass is 79.9. The van der Waals surface area contributed by atoms with Gasteiger partial charge < -0.3 is 4.74 Å². The molecule has 27 heavy (non-hydrogen) atoms. The van der Waals surface area contributed by atoms with Gasteiger partial charge in [-0.05, 0) is 49.4 Å². The lowest BCUT2D eigenvalue weighted by atomic mass is 10.1. The second kappa shape index (κ2) is 7.19. The van der Waals surface area contributed by atoms with Crippen molar-refractivity contribution in [1.82, 2.24) is 0 Å². The molecular formula is C19H14BrF3N2O2. The zero-order chi connectivity index (χ0) is 19.8. The summed E-state index contributed by atoms with van der Waals surface area (Å²) in [6, 6.07) is 9.82. The Labute approximate surface area is 162 Å². The van der Waals surface area contributed by atoms with Crippen molar-refractivity contribution in [2.75, 3.05) is 12.1 Å². The first kappa shape index (κ1) is 19.2. The summed E-state index contributed by atoms with van der Waals surface area (Å²) in [7, 11) is 1.51. The predicted molar refractivity (Wildman–Crippen MR) is 101 cm³/mol. The number of nitrogens with zero attached hydrogens (tertiary/aromatic N) is 2. The third kappa shape index (κ3) is 3.90. The van der Waals surface area contributed by atoms with Crippen molar-refractivity contribution in [2.45, 2.75) is 13.1 Å². The molecule has 0 aromatic heterocycles. The lowest BCUT2D eigenvalue weighted by molar-refractivity contribution is -0.137. The summed E-state index contributed by atoms with van der Waals surface area (Å²) < 4.78 is 44.9. The van der Waals surface area contributed by atoms with Crippen molar-refractivity contribution < 1.29 is 22.7 Å². The average molecular weight is 439 g/mol. The number of hydrogen-bond donors (Lipinski definition) is 0. The lowest BCUT2D eigenvalue weighted by Crippen LogP contribution is -2.21. The van der Waals surface area contributed by atoms with E-state index >= 15 is 0 Å². The van der Waals surface area contributed by atoms with Gasteiger partial charge in [-0.3, -0.25) is 4.79 Å². The van der Waals surface area contributed by atoms with Crippen molar-refractivity contribution in [1.29, 1.82) is 0 Å². The Morgan fingerprint density at radius 2 is 1.93 bits per heavy atom. The van der Waals surface area contributed by atoms with E-state index in [4.69, 9.17) is 4.74 Å². The van der Waals surface area contributed by atoms with Gasteiger partial charge in [0.05, 0.1) is 29.6 Å². The van der Waals surface area contributed by atoms with Crippen LogP contribution < -0.4 is 9.75 Å². The number of benzene rings is 2. The molecule has 0 fully saturated rings. The van der Waals surface area contributed by atoms with E-state index in [1.54, 1.807) is 31.2 Å². The van der Waals surface area contributed by atoms with E-state index in [9.17, 15) is 18.0 Å². The molecule has 0 bridgehead atoms. The molecule has 1 aliphatic rings. The summed E-state index contributed by atoms with van der Waals surface area (Å²) in [5.74, 6) is 0.0534. The Hall–Kier alpha value is -2.61. The molecule has 8 heteroatoms. The van der Waals surface area contributed by atoms with Gasteiger partial charge in [-0.25, -0.2) is 0 Å². The number of ether oxygens (including phenoxy) is 1. The smallest absolute Gasteiger partial charge is 0.416 e. The summed E-state index contributed by atoms with van der Waals surface area (Å²) in [6.45, 7) is 1.63. The topological polar surface area (TPSA) is 41.9 Å². The highest BCUT2D eigenvalue weighted by Gasteiger charge is 2.33. The van der Waals surface area contributed by atoms with E-state index in [-0.39, 0.29) is 11.3 Å². The van der Waals surface area contributed by atoms with Gasteiger partial charge >= 0.3 is 6.18 Å². The maximum absolute atomic E-state index is 12.9. The Bertz CT molecular complexity index is 968. The number of hydrogen-bond acceptors (Lipinski definition) is 3. The molecule has 0 unspecified atom stereocenters. The normalized spacial score (nSPS) is 16.1. The number of alkyl halides is 3. The third-order valence-electron chi connectivity index (χ3n) is 3.97.